The second-order valence-electron chi connectivity index (χ2n) is 9.00. The minimum atomic E-state index is -4.27. The van der Waals surface area contributed by atoms with Crippen molar-refractivity contribution in [3.63, 3.8) is 0 Å². The van der Waals surface area contributed by atoms with Crippen molar-refractivity contribution in [1.82, 2.24) is 14.7 Å². The number of thiazole rings is 1. The first-order chi connectivity index (χ1) is 18.3. The number of hydrogen-bond donors (Lipinski definition) is 2. The number of aromatic amines is 1. The van der Waals surface area contributed by atoms with E-state index in [4.69, 9.17) is 9.47 Å². The molecule has 1 aliphatic rings. The first kappa shape index (κ1) is 28.6. The molecule has 0 radical (unpaired) electrons. The van der Waals surface area contributed by atoms with Crippen molar-refractivity contribution >= 4 is 27.3 Å². The summed E-state index contributed by atoms with van der Waals surface area (Å²) in [5.74, 6) is -0.140. The molecule has 3 aromatic rings. The van der Waals surface area contributed by atoms with Crippen LogP contribution in [0, 0.1) is 0 Å². The van der Waals surface area contributed by atoms with Gasteiger partial charge in [-0.25, -0.2) is 18.1 Å². The number of carbonyl (C=O) groups is 1. The zero-order valence-corrected chi connectivity index (χ0v) is 22.7. The van der Waals surface area contributed by atoms with Gasteiger partial charge in [0.2, 0.25) is 10.0 Å². The summed E-state index contributed by atoms with van der Waals surface area (Å²) in [7, 11) is -3.95. The smallest absolute Gasteiger partial charge is 0.389 e. The standard InChI is InChI=1S/C25H26F3N3O6S2/c1-3-36-19-11-15(37-10-4-9-25(26,27)28)7-8-16(19)18-12-17(24-29-13-20(38-24)14-5-6-14)21(22(32)30-18)23(33)31-39(2,34)35/h7-8,11-14H,3-6,9-10H2,1-2H3,(H,30,32)(H,31,33). The van der Waals surface area contributed by atoms with Crippen LogP contribution in [0.25, 0.3) is 21.8 Å². The van der Waals surface area contributed by atoms with Crippen LogP contribution in [0.1, 0.15) is 53.8 Å². The van der Waals surface area contributed by atoms with Gasteiger partial charge in [-0.3, -0.25) is 9.59 Å². The molecule has 4 rings (SSSR count). The van der Waals surface area contributed by atoms with Gasteiger partial charge in [0.25, 0.3) is 11.5 Å². The quantitative estimate of drug-likeness (QED) is 0.308. The predicted octanol–water partition coefficient (Wildman–Crippen LogP) is 4.85. The summed E-state index contributed by atoms with van der Waals surface area (Å²) >= 11 is 1.32. The number of alkyl halides is 3. The number of rotatable bonds is 11. The van der Waals surface area contributed by atoms with Crippen LogP contribution in [0.4, 0.5) is 13.2 Å². The fraction of sp³-hybridized carbons (Fsp3) is 0.400. The lowest BCUT2D eigenvalue weighted by molar-refractivity contribution is -0.136. The molecule has 1 aliphatic carbocycles. The summed E-state index contributed by atoms with van der Waals surface area (Å²) in [6.45, 7) is 1.83. The minimum absolute atomic E-state index is 0.150. The van der Waals surface area contributed by atoms with E-state index < -0.39 is 39.7 Å². The molecule has 1 aromatic carbocycles. The lowest BCUT2D eigenvalue weighted by atomic mass is 10.0. The number of benzene rings is 1. The molecule has 2 heterocycles. The molecule has 9 nitrogen and oxygen atoms in total. The molecule has 1 saturated carbocycles. The summed E-state index contributed by atoms with van der Waals surface area (Å²) in [5, 5.41) is 0.380. The average molecular weight is 586 g/mol. The summed E-state index contributed by atoms with van der Waals surface area (Å²) < 4.78 is 73.7. The number of hydrogen-bond acceptors (Lipinski definition) is 8. The Kier molecular flexibility index (Phi) is 8.35. The van der Waals surface area contributed by atoms with E-state index in [1.54, 1.807) is 19.2 Å². The SMILES string of the molecule is CCOc1cc(OCCCC(F)(F)F)ccc1-c1cc(-c2ncc(C3CC3)s2)c(C(=O)NS(C)(=O)=O)c(=O)[nH]1. The molecule has 0 bridgehead atoms. The molecule has 14 heteroatoms. The van der Waals surface area contributed by atoms with E-state index in [-0.39, 0.29) is 36.6 Å². The summed E-state index contributed by atoms with van der Waals surface area (Å²) in [6.07, 6.45) is -0.909. The molecular formula is C25H26F3N3O6S2. The van der Waals surface area contributed by atoms with E-state index in [1.165, 1.54) is 29.5 Å². The van der Waals surface area contributed by atoms with Crippen molar-refractivity contribution in [2.75, 3.05) is 19.5 Å². The molecule has 210 valence electrons. The number of nitrogens with one attached hydrogen (secondary N) is 2. The van der Waals surface area contributed by atoms with Crippen molar-refractivity contribution in [2.24, 2.45) is 0 Å². The number of carbonyl (C=O) groups excluding carboxylic acids is 1. The Bertz CT molecular complexity index is 1530. The van der Waals surface area contributed by atoms with Gasteiger partial charge >= 0.3 is 6.18 Å². The summed E-state index contributed by atoms with van der Waals surface area (Å²) in [4.78, 5) is 34.0. The topological polar surface area (TPSA) is 127 Å². The van der Waals surface area contributed by atoms with Crippen molar-refractivity contribution in [3.05, 3.63) is 51.3 Å². The van der Waals surface area contributed by atoms with Crippen molar-refractivity contribution in [1.29, 1.82) is 0 Å². The van der Waals surface area contributed by atoms with E-state index >= 15 is 0 Å². The first-order valence-electron chi connectivity index (χ1n) is 12.1. The van der Waals surface area contributed by atoms with Gasteiger partial charge in [-0.2, -0.15) is 13.2 Å². The number of aromatic nitrogens is 2. The number of H-pyrrole nitrogens is 1. The van der Waals surface area contributed by atoms with Crippen LogP contribution in [0.3, 0.4) is 0 Å². The number of pyridine rings is 1. The van der Waals surface area contributed by atoms with Gasteiger partial charge in [-0.1, -0.05) is 0 Å². The fourth-order valence-electron chi connectivity index (χ4n) is 3.84. The summed E-state index contributed by atoms with van der Waals surface area (Å²) in [5.41, 5.74) is -0.389. The Morgan fingerprint density at radius 1 is 1.21 bits per heavy atom. The highest BCUT2D eigenvalue weighted by Gasteiger charge is 2.29. The van der Waals surface area contributed by atoms with Crippen LogP contribution in [0.2, 0.25) is 0 Å². The Labute approximate surface area is 226 Å². The molecule has 2 N–H and O–H groups in total. The lowest BCUT2D eigenvalue weighted by Crippen LogP contribution is -2.34. The summed E-state index contributed by atoms with van der Waals surface area (Å²) in [6, 6.07) is 6.13. The molecule has 1 amide bonds. The highest BCUT2D eigenvalue weighted by molar-refractivity contribution is 7.89. The maximum Gasteiger partial charge on any atom is 0.389 e. The zero-order valence-electron chi connectivity index (χ0n) is 21.1. The van der Waals surface area contributed by atoms with Crippen LogP contribution < -0.4 is 19.8 Å². The third-order valence-electron chi connectivity index (χ3n) is 5.69. The molecule has 0 unspecified atom stereocenters. The molecule has 1 fully saturated rings. The van der Waals surface area contributed by atoms with Crippen LogP contribution >= 0.6 is 11.3 Å². The molecular weight excluding hydrogens is 559 g/mol. The van der Waals surface area contributed by atoms with Gasteiger partial charge in [0, 0.05) is 34.7 Å². The number of halogens is 3. The van der Waals surface area contributed by atoms with E-state index in [2.05, 4.69) is 9.97 Å². The molecule has 0 saturated heterocycles. The fourth-order valence-corrected chi connectivity index (χ4v) is 5.38. The van der Waals surface area contributed by atoms with Crippen LogP contribution in [-0.4, -0.2) is 49.9 Å². The van der Waals surface area contributed by atoms with Crippen LogP contribution in [-0.2, 0) is 10.0 Å². The van der Waals surface area contributed by atoms with E-state index in [9.17, 15) is 31.2 Å². The highest BCUT2D eigenvalue weighted by Crippen LogP contribution is 2.44. The molecule has 0 aliphatic heterocycles. The lowest BCUT2D eigenvalue weighted by Gasteiger charge is -2.15. The first-order valence-corrected chi connectivity index (χ1v) is 14.8. The molecule has 0 atom stereocenters. The minimum Gasteiger partial charge on any atom is -0.493 e. The highest BCUT2D eigenvalue weighted by atomic mass is 32.2. The molecule has 2 aromatic heterocycles. The van der Waals surface area contributed by atoms with Crippen LogP contribution in [0.5, 0.6) is 11.5 Å². The van der Waals surface area contributed by atoms with Crippen LogP contribution in [0.15, 0.2) is 35.3 Å². The third-order valence-corrected chi connectivity index (χ3v) is 7.44. The Balaban J connectivity index is 1.73. The number of ether oxygens (including phenoxy) is 2. The molecule has 39 heavy (non-hydrogen) atoms. The number of amides is 1. The van der Waals surface area contributed by atoms with Gasteiger partial charge in [-0.05, 0) is 50.3 Å². The molecule has 0 spiro atoms. The number of nitrogens with zero attached hydrogens (tertiary/aromatic N) is 1. The number of sulfonamides is 1. The second kappa shape index (κ2) is 11.4. The Morgan fingerprint density at radius 2 is 1.95 bits per heavy atom. The van der Waals surface area contributed by atoms with Crippen molar-refractivity contribution in [3.8, 4) is 33.3 Å². The zero-order chi connectivity index (χ0) is 28.4. The van der Waals surface area contributed by atoms with E-state index in [1.807, 2.05) is 4.72 Å². The van der Waals surface area contributed by atoms with Crippen molar-refractivity contribution < 1.29 is 35.9 Å². The Hall–Kier alpha value is -3.39. The van der Waals surface area contributed by atoms with Gasteiger partial charge < -0.3 is 14.5 Å². The van der Waals surface area contributed by atoms with E-state index in [0.29, 0.717) is 22.2 Å². The van der Waals surface area contributed by atoms with Gasteiger partial charge in [-0.15, -0.1) is 11.3 Å². The van der Waals surface area contributed by atoms with Gasteiger partial charge in [0.05, 0.1) is 25.2 Å². The third kappa shape index (κ3) is 7.60. The van der Waals surface area contributed by atoms with Crippen molar-refractivity contribution in [2.45, 2.75) is 44.7 Å². The normalized spacial score (nSPS) is 13.8. The van der Waals surface area contributed by atoms with E-state index in [0.717, 1.165) is 24.0 Å². The predicted molar refractivity (Wildman–Crippen MR) is 140 cm³/mol. The Morgan fingerprint density at radius 3 is 2.59 bits per heavy atom. The second-order valence-corrected chi connectivity index (χ2v) is 11.8. The maximum atomic E-state index is 13.2. The average Bonchev–Trinajstić information content (AvgIpc) is 3.56. The largest absolute Gasteiger partial charge is 0.493 e. The van der Waals surface area contributed by atoms with Gasteiger partial charge in [0.1, 0.15) is 22.1 Å². The monoisotopic (exact) mass is 585 g/mol. The van der Waals surface area contributed by atoms with Gasteiger partial charge in [0.15, 0.2) is 0 Å². The maximum absolute atomic E-state index is 13.2.